The van der Waals surface area contributed by atoms with Crippen LogP contribution in [0.25, 0.3) is 0 Å². The van der Waals surface area contributed by atoms with Crippen LogP contribution in [-0.2, 0) is 0 Å². The van der Waals surface area contributed by atoms with Crippen molar-refractivity contribution in [3.8, 4) is 0 Å². The summed E-state index contributed by atoms with van der Waals surface area (Å²) in [6.07, 6.45) is 3.79. The summed E-state index contributed by atoms with van der Waals surface area (Å²) in [7, 11) is 0. The van der Waals surface area contributed by atoms with Gasteiger partial charge in [0.05, 0.1) is 0 Å². The van der Waals surface area contributed by atoms with E-state index >= 15 is 0 Å². The minimum Gasteiger partial charge on any atom is -0.100 e. The van der Waals surface area contributed by atoms with Gasteiger partial charge in [0.15, 0.2) is 0 Å². The molecule has 0 saturated carbocycles. The molecule has 0 spiro atoms. The molecular weight excluding hydrogens is 748 g/mol. The fourth-order valence-corrected chi connectivity index (χ4v) is 1.98. The Balaban J connectivity index is -0.0000000509. The fourth-order valence-electron chi connectivity index (χ4n) is 1.98. The van der Waals surface area contributed by atoms with Gasteiger partial charge in [-0.25, -0.2) is 0 Å². The van der Waals surface area contributed by atoms with Crippen LogP contribution < -0.4 is 0 Å². The van der Waals surface area contributed by atoms with E-state index in [9.17, 15) is 0 Å². The van der Waals surface area contributed by atoms with Crippen LogP contribution in [0.3, 0.4) is 0 Å². The summed E-state index contributed by atoms with van der Waals surface area (Å²) in [5.41, 5.74) is 20.6. The van der Waals surface area contributed by atoms with Gasteiger partial charge in [-0.2, -0.15) is 0 Å². The second kappa shape index (κ2) is 55.2. The summed E-state index contributed by atoms with van der Waals surface area (Å²) in [6.45, 7) is 96.6. The Morgan fingerprint density at radius 1 is 0.279 bits per heavy atom. The standard InChI is InChI=1S/2C9H18.C7H14.2C6H12.6C4H8/c2*1-7(2)8(3)9(4,5)6;1-4-5-6-7(2)3;2*1-5(2)6(3)4;6*1-4(2)3/h2*1-6H3;2,4-6H2,1,3H3;2*1-4H3;6*1H2,2-3H3/i8+1;2*7+1;1+1,5+1;5+1;1+1,2+1,4+1;1+1,4+1;4+1;2*2+1;1+1. The molecule has 0 bridgehead atoms. The highest BCUT2D eigenvalue weighted by atomic mass is 14.5. The Hall–Kier alpha value is -2.86. The first-order valence-electron chi connectivity index (χ1n) is 22.5. The highest BCUT2D eigenvalue weighted by Crippen LogP contribution is 2.27. The molecular formula is C61H122. The van der Waals surface area contributed by atoms with E-state index in [1.807, 2.05) is 83.1 Å². The van der Waals surface area contributed by atoms with E-state index in [0.29, 0.717) is 10.8 Å². The zero-order valence-corrected chi connectivity index (χ0v) is 49.6. The van der Waals surface area contributed by atoms with E-state index in [1.165, 1.54) is 103 Å². The number of hydrogen-bond acceptors (Lipinski definition) is 0. The Kier molecular flexibility index (Phi) is 77.2. The molecule has 0 radical (unpaired) electrons. The number of unbranched alkanes of at least 4 members (excludes halogenated alkanes) is 1. The topological polar surface area (TPSA) is 0 Å². The fraction of sp³-hybridized carbons (Fsp3) is 0.639. The van der Waals surface area contributed by atoms with Crippen molar-refractivity contribution < 1.29 is 0 Å². The molecule has 0 unspecified atom stereocenters. The minimum atomic E-state index is 0.360. The van der Waals surface area contributed by atoms with Gasteiger partial charge in [0.25, 0.3) is 0 Å². The van der Waals surface area contributed by atoms with Crippen molar-refractivity contribution in [1.29, 1.82) is 0 Å². The van der Waals surface area contributed by atoms with Gasteiger partial charge in [-0.15, -0.1) is 46.1 Å². The molecule has 0 heterocycles. The molecule has 0 nitrogen and oxygen atoms in total. The summed E-state index contributed by atoms with van der Waals surface area (Å²) in [5, 5.41) is 0. The van der Waals surface area contributed by atoms with Gasteiger partial charge in [0.2, 0.25) is 0 Å². The highest BCUT2D eigenvalue weighted by molar-refractivity contribution is 5.14. The second-order valence-corrected chi connectivity index (χ2v) is 21.1. The first-order chi connectivity index (χ1) is 26.7. The maximum absolute atomic E-state index is 3.79. The Bertz CT molecular complexity index is 1050. The monoisotopic (exact) mass is 870 g/mol. The third-order valence-corrected chi connectivity index (χ3v) is 6.71. The summed E-state index contributed by atoms with van der Waals surface area (Å²) in [6, 6.07) is 0. The van der Waals surface area contributed by atoms with Crippen molar-refractivity contribution in [2.45, 2.75) is 255 Å². The van der Waals surface area contributed by atoms with E-state index in [2.05, 4.69) is 198 Å². The number of hydrogen-bond donors (Lipinski definition) is 0. The van der Waals surface area contributed by atoms with Gasteiger partial charge in [-0.3, -0.25) is 0 Å². The lowest BCUT2D eigenvalue weighted by Crippen LogP contribution is -2.07. The Labute approximate surface area is 393 Å². The molecule has 0 aliphatic rings. The molecule has 0 aromatic rings. The molecule has 0 fully saturated rings. The predicted octanol–water partition coefficient (Wildman–Crippen LogP) is 23.7. The lowest BCUT2D eigenvalue weighted by Gasteiger charge is -2.21. The molecule has 0 aromatic heterocycles. The van der Waals surface area contributed by atoms with Crippen molar-refractivity contribution in [3.63, 3.8) is 0 Å². The van der Waals surface area contributed by atoms with Gasteiger partial charge in [0.1, 0.15) is 0 Å². The van der Waals surface area contributed by atoms with Gasteiger partial charge < -0.3 is 0 Å². The molecule has 0 heteroatoms. The molecule has 0 aliphatic carbocycles. The summed E-state index contributed by atoms with van der Waals surface area (Å²) < 4.78 is 0. The molecule has 0 atom stereocenters. The maximum Gasteiger partial charge on any atom is -0.0173 e. The lowest BCUT2D eigenvalue weighted by atomic mass is 9.89. The van der Waals surface area contributed by atoms with Crippen molar-refractivity contribution in [2.75, 3.05) is 0 Å². The Morgan fingerprint density at radius 3 is 0.426 bits per heavy atom. The summed E-state index contributed by atoms with van der Waals surface area (Å²) >= 11 is 0. The van der Waals surface area contributed by atoms with Gasteiger partial charge in [0, 0.05) is 0 Å². The highest BCUT2D eigenvalue weighted by Gasteiger charge is 2.13. The average molecular weight is 871 g/mol. The predicted molar refractivity (Wildman–Crippen MR) is 304 cm³/mol. The first-order valence-corrected chi connectivity index (χ1v) is 22.5. The van der Waals surface area contributed by atoms with Gasteiger partial charge >= 0.3 is 0 Å². The molecule has 0 rings (SSSR count). The maximum atomic E-state index is 3.79. The third-order valence-electron chi connectivity index (χ3n) is 6.71. The molecule has 366 valence electrons. The van der Waals surface area contributed by atoms with Crippen LogP contribution in [-0.4, -0.2) is 0 Å². The number of rotatable bonds is 3. The van der Waals surface area contributed by atoms with E-state index in [1.54, 1.807) is 0 Å². The molecule has 0 N–H and O–H groups in total. The summed E-state index contributed by atoms with van der Waals surface area (Å²) in [5.74, 6) is 0. The molecule has 0 aliphatic heterocycles. The zero-order valence-electron chi connectivity index (χ0n) is 49.6. The quantitative estimate of drug-likeness (QED) is 0.196. The van der Waals surface area contributed by atoms with E-state index < -0.39 is 0 Å². The van der Waals surface area contributed by atoms with Crippen LogP contribution >= 0.6 is 0 Å². The van der Waals surface area contributed by atoms with Crippen LogP contribution in [0.5, 0.6) is 0 Å². The van der Waals surface area contributed by atoms with Crippen LogP contribution in [0.15, 0.2) is 130 Å². The third kappa shape index (κ3) is 205. The van der Waals surface area contributed by atoms with Crippen molar-refractivity contribution in [1.82, 2.24) is 0 Å². The zero-order chi connectivity index (χ0) is 52.8. The van der Waals surface area contributed by atoms with Crippen LogP contribution in [0.2, 0.25) is 0 Å². The van der Waals surface area contributed by atoms with Crippen molar-refractivity contribution in [3.05, 3.63) is 130 Å². The van der Waals surface area contributed by atoms with Crippen molar-refractivity contribution >= 4 is 0 Å². The Morgan fingerprint density at radius 2 is 0.410 bits per heavy atom. The molecule has 0 saturated heterocycles. The largest absolute Gasteiger partial charge is 0.100 e. The van der Waals surface area contributed by atoms with Gasteiger partial charge in [-0.05, 0) is 211 Å². The smallest absolute Gasteiger partial charge is 0.0173 e. The minimum absolute atomic E-state index is 0.360. The van der Waals surface area contributed by atoms with Crippen LogP contribution in [0.4, 0.5) is 0 Å². The average Bonchev–Trinajstić information content (AvgIpc) is 2.97. The lowest BCUT2D eigenvalue weighted by molar-refractivity contribution is 0.498. The van der Waals surface area contributed by atoms with E-state index in [0.717, 1.165) is 0 Å². The molecule has 0 amide bonds. The van der Waals surface area contributed by atoms with E-state index in [-0.39, 0.29) is 0 Å². The summed E-state index contributed by atoms with van der Waals surface area (Å²) in [4.78, 5) is 0. The number of allylic oxidation sites excluding steroid dienone is 15. The second-order valence-electron chi connectivity index (χ2n) is 21.1. The van der Waals surface area contributed by atoms with Gasteiger partial charge in [-0.1, -0.05) is 138 Å². The van der Waals surface area contributed by atoms with Crippen LogP contribution in [0.1, 0.15) is 255 Å². The van der Waals surface area contributed by atoms with Crippen molar-refractivity contribution in [2.24, 2.45) is 10.8 Å². The van der Waals surface area contributed by atoms with E-state index in [4.69, 9.17) is 0 Å². The first kappa shape index (κ1) is 85.4. The SMILES string of the molecule is C=C(C)[13CH3].C=C(C)[13CH3].C=[13C](C)C.C=[13C](C)CCCC.CC(=[13C](C)C)C(C)(C)C.CC(C)=[13CH2].CC(C)=[13C](C)C.CC(C)=[13C](C)C(C)(C)C.CC(C)=[13C](C)[13CH3].C[13C](=[13CH2])[13CH3].C[13C](C)=[13CH2]. The molecule has 61 heavy (non-hydrogen) atoms. The molecule has 0 aromatic carbocycles. The normalized spacial score (nSPS) is 8.49. The van der Waals surface area contributed by atoms with Crippen LogP contribution in [0, 0.1) is 10.8 Å².